The Kier molecular flexibility index (Phi) is 4.82. The summed E-state index contributed by atoms with van der Waals surface area (Å²) in [4.78, 5) is 4.91. The topological polar surface area (TPSA) is 39.7 Å². The number of methoxy groups -OCH3 is 1. The number of rotatable bonds is 6. The van der Waals surface area contributed by atoms with Crippen molar-refractivity contribution in [2.45, 2.75) is 0 Å². The summed E-state index contributed by atoms with van der Waals surface area (Å²) in [7, 11) is 3.34. The van der Waals surface area contributed by atoms with Crippen LogP contribution in [0, 0.1) is 0 Å². The van der Waals surface area contributed by atoms with Gasteiger partial charge in [-0.15, -0.1) is 0 Å². The molecule has 1 rings (SSSR count). The third-order valence-corrected chi connectivity index (χ3v) is 1.64. The smallest absolute Gasteiger partial charge is 0.123 e. The largest absolute Gasteiger partial charge is 0.497 e. The van der Waals surface area contributed by atoms with Crippen LogP contribution >= 0.6 is 0 Å². The van der Waals surface area contributed by atoms with Crippen molar-refractivity contribution < 1.29 is 14.3 Å². The summed E-state index contributed by atoms with van der Waals surface area (Å²) in [6, 6.07) is 7.46. The minimum atomic E-state index is 0.508. The first-order chi connectivity index (χ1) is 6.86. The zero-order valence-electron chi connectivity index (χ0n) is 8.45. The first-order valence-corrected chi connectivity index (χ1v) is 4.42. The molecule has 0 unspecified atom stereocenters. The molecule has 1 aromatic rings. The molecule has 0 heterocycles. The van der Waals surface area contributed by atoms with Gasteiger partial charge in [-0.1, -0.05) is 6.07 Å². The van der Waals surface area contributed by atoms with Crippen molar-refractivity contribution in [1.29, 1.82) is 0 Å². The third-order valence-electron chi connectivity index (χ3n) is 1.64. The molecule has 0 aromatic heterocycles. The fourth-order valence-corrected chi connectivity index (χ4v) is 0.994. The molecule has 0 atom stereocenters. The average Bonchev–Trinajstić information content (AvgIpc) is 2.25. The molecule has 0 aliphatic rings. The average molecular weight is 197 g/mol. The molecule has 0 saturated carbocycles. The van der Waals surface area contributed by atoms with Crippen LogP contribution in [0.4, 0.5) is 0 Å². The molecule has 4 nitrogen and oxygen atoms in total. The Morgan fingerprint density at radius 3 is 2.71 bits per heavy atom. The highest BCUT2D eigenvalue weighted by Crippen LogP contribution is 2.18. The van der Waals surface area contributed by atoms with E-state index in [0.29, 0.717) is 13.2 Å². The molecule has 0 aliphatic carbocycles. The van der Waals surface area contributed by atoms with Gasteiger partial charge in [-0.05, 0) is 12.1 Å². The fourth-order valence-electron chi connectivity index (χ4n) is 0.994. The Morgan fingerprint density at radius 2 is 2.00 bits per heavy atom. The lowest BCUT2D eigenvalue weighted by molar-refractivity contribution is 0.0367. The normalized spacial score (nSPS) is 9.86. The molecule has 78 valence electrons. The molecule has 0 fully saturated rings. The van der Waals surface area contributed by atoms with Gasteiger partial charge in [0.2, 0.25) is 0 Å². The van der Waals surface area contributed by atoms with Crippen LogP contribution in [-0.4, -0.2) is 27.4 Å². The van der Waals surface area contributed by atoms with E-state index in [4.69, 9.17) is 14.3 Å². The van der Waals surface area contributed by atoms with Crippen LogP contribution in [0.2, 0.25) is 0 Å². The lowest BCUT2D eigenvalue weighted by atomic mass is 10.3. The molecule has 14 heavy (non-hydrogen) atoms. The predicted octanol–water partition coefficient (Wildman–Crippen LogP) is 1.22. The van der Waals surface area contributed by atoms with Crippen molar-refractivity contribution in [2.24, 2.45) is 0 Å². The summed E-state index contributed by atoms with van der Waals surface area (Å²) in [5.74, 6) is 1.57. The molecule has 0 spiro atoms. The van der Waals surface area contributed by atoms with E-state index in [1.54, 1.807) is 14.2 Å². The van der Waals surface area contributed by atoms with Crippen molar-refractivity contribution in [3.8, 4) is 11.5 Å². The van der Waals surface area contributed by atoms with Crippen LogP contribution in [0.25, 0.3) is 0 Å². The van der Waals surface area contributed by atoms with Crippen molar-refractivity contribution in [3.63, 3.8) is 0 Å². The summed E-state index contributed by atoms with van der Waals surface area (Å²) in [5.41, 5.74) is 2.57. The molecule has 0 bridgehead atoms. The highest BCUT2D eigenvalue weighted by Gasteiger charge is 1.95. The summed E-state index contributed by atoms with van der Waals surface area (Å²) in [6.07, 6.45) is 0. The van der Waals surface area contributed by atoms with E-state index in [9.17, 15) is 0 Å². The molecule has 4 heteroatoms. The lowest BCUT2D eigenvalue weighted by Gasteiger charge is -2.07. The van der Waals surface area contributed by atoms with Crippen molar-refractivity contribution in [1.82, 2.24) is 5.48 Å². The van der Waals surface area contributed by atoms with E-state index < -0.39 is 0 Å². The second-order valence-electron chi connectivity index (χ2n) is 2.58. The standard InChI is InChI=1S/C10H15NO3/c1-11-14-7-6-13-10-5-3-4-9(8-10)12-2/h3-5,8,11H,6-7H2,1-2H3. The highest BCUT2D eigenvalue weighted by atomic mass is 16.7. The maximum absolute atomic E-state index is 5.41. The Labute approximate surface area is 83.7 Å². The maximum atomic E-state index is 5.41. The van der Waals surface area contributed by atoms with Crippen molar-refractivity contribution >= 4 is 0 Å². The van der Waals surface area contributed by atoms with Crippen LogP contribution in [0.3, 0.4) is 0 Å². The van der Waals surface area contributed by atoms with Gasteiger partial charge in [0.1, 0.15) is 24.7 Å². The summed E-state index contributed by atoms with van der Waals surface area (Å²) in [5, 5.41) is 0. The molecular weight excluding hydrogens is 182 g/mol. The lowest BCUT2D eigenvalue weighted by Crippen LogP contribution is -2.14. The van der Waals surface area contributed by atoms with Gasteiger partial charge in [0, 0.05) is 13.1 Å². The first-order valence-electron chi connectivity index (χ1n) is 4.42. The molecule has 1 N–H and O–H groups in total. The molecule has 0 aliphatic heterocycles. The highest BCUT2D eigenvalue weighted by molar-refractivity contribution is 5.32. The predicted molar refractivity (Wildman–Crippen MR) is 53.5 cm³/mol. The number of hydroxylamine groups is 1. The van der Waals surface area contributed by atoms with Crippen molar-refractivity contribution in [3.05, 3.63) is 24.3 Å². The van der Waals surface area contributed by atoms with Gasteiger partial charge in [-0.25, -0.2) is 5.48 Å². The number of ether oxygens (including phenoxy) is 2. The fraction of sp³-hybridized carbons (Fsp3) is 0.400. The van der Waals surface area contributed by atoms with Gasteiger partial charge >= 0.3 is 0 Å². The number of hydrogen-bond donors (Lipinski definition) is 1. The van der Waals surface area contributed by atoms with Crippen LogP contribution in [0.1, 0.15) is 0 Å². The minimum Gasteiger partial charge on any atom is -0.497 e. The molecular formula is C10H15NO3. The van der Waals surface area contributed by atoms with Gasteiger partial charge in [0.05, 0.1) is 7.11 Å². The van der Waals surface area contributed by atoms with E-state index in [-0.39, 0.29) is 0 Å². The zero-order valence-corrected chi connectivity index (χ0v) is 8.45. The van der Waals surface area contributed by atoms with E-state index in [0.717, 1.165) is 11.5 Å². The first kappa shape index (κ1) is 10.8. The maximum Gasteiger partial charge on any atom is 0.123 e. The molecule has 0 amide bonds. The number of hydrogen-bond acceptors (Lipinski definition) is 4. The Hall–Kier alpha value is -1.26. The van der Waals surface area contributed by atoms with Gasteiger partial charge in [-0.3, -0.25) is 4.84 Å². The summed E-state index contributed by atoms with van der Waals surface area (Å²) >= 11 is 0. The van der Waals surface area contributed by atoms with Crippen LogP contribution in [0.5, 0.6) is 11.5 Å². The van der Waals surface area contributed by atoms with Crippen LogP contribution in [-0.2, 0) is 4.84 Å². The molecule has 0 radical (unpaired) electrons. The quantitative estimate of drug-likeness (QED) is 0.550. The second-order valence-corrected chi connectivity index (χ2v) is 2.58. The van der Waals surface area contributed by atoms with E-state index in [1.807, 2.05) is 24.3 Å². The van der Waals surface area contributed by atoms with Crippen molar-refractivity contribution in [2.75, 3.05) is 27.4 Å². The van der Waals surface area contributed by atoms with Crippen LogP contribution < -0.4 is 15.0 Å². The number of benzene rings is 1. The van der Waals surface area contributed by atoms with E-state index >= 15 is 0 Å². The SMILES string of the molecule is CNOCCOc1cccc(OC)c1. The van der Waals surface area contributed by atoms with E-state index in [2.05, 4.69) is 5.48 Å². The summed E-state index contributed by atoms with van der Waals surface area (Å²) < 4.78 is 10.5. The van der Waals surface area contributed by atoms with Gasteiger partial charge in [0.25, 0.3) is 0 Å². The Balaban J connectivity index is 2.34. The van der Waals surface area contributed by atoms with Crippen LogP contribution in [0.15, 0.2) is 24.3 Å². The van der Waals surface area contributed by atoms with Gasteiger partial charge in [0.15, 0.2) is 0 Å². The Morgan fingerprint density at radius 1 is 1.21 bits per heavy atom. The third kappa shape index (κ3) is 3.64. The minimum absolute atomic E-state index is 0.508. The second kappa shape index (κ2) is 6.23. The molecule has 1 aromatic carbocycles. The zero-order chi connectivity index (χ0) is 10.2. The van der Waals surface area contributed by atoms with Gasteiger partial charge < -0.3 is 9.47 Å². The monoisotopic (exact) mass is 197 g/mol. The van der Waals surface area contributed by atoms with E-state index in [1.165, 1.54) is 0 Å². The molecule has 0 saturated heterocycles. The number of nitrogens with one attached hydrogen (secondary N) is 1. The van der Waals surface area contributed by atoms with Gasteiger partial charge in [-0.2, -0.15) is 0 Å². The summed E-state index contributed by atoms with van der Waals surface area (Å²) in [6.45, 7) is 1.02. The Bertz CT molecular complexity index is 265.